The number of amides is 2. The number of carbonyl (C=O) groups is 2. The van der Waals surface area contributed by atoms with Crippen molar-refractivity contribution in [3.8, 4) is 11.5 Å². The van der Waals surface area contributed by atoms with Gasteiger partial charge in [-0.25, -0.2) is 5.43 Å². The quantitative estimate of drug-likeness (QED) is 0.286. The number of ether oxygens (including phenoxy) is 2. The predicted octanol–water partition coefficient (Wildman–Crippen LogP) is 4.71. The molecule has 0 heterocycles. The van der Waals surface area contributed by atoms with Crippen LogP contribution in [0.4, 0.5) is 5.69 Å². The summed E-state index contributed by atoms with van der Waals surface area (Å²) in [6.07, 6.45) is 1.41. The van der Waals surface area contributed by atoms with Crippen LogP contribution in [-0.4, -0.2) is 24.6 Å². The summed E-state index contributed by atoms with van der Waals surface area (Å²) in [5, 5.41) is 6.82. The van der Waals surface area contributed by atoms with Crippen LogP contribution in [0.1, 0.15) is 23.6 Å². The van der Waals surface area contributed by atoms with Gasteiger partial charge in [0.05, 0.1) is 12.8 Å². The summed E-state index contributed by atoms with van der Waals surface area (Å²) in [5.74, 6) is -0.613. The molecule has 0 bridgehead atoms. The lowest BCUT2D eigenvalue weighted by molar-refractivity contribution is -0.136. The Kier molecular flexibility index (Phi) is 8.43. The van der Waals surface area contributed by atoms with Crippen molar-refractivity contribution in [2.45, 2.75) is 20.5 Å². The lowest BCUT2D eigenvalue weighted by Gasteiger charge is -2.12. The maximum absolute atomic E-state index is 12.0. The summed E-state index contributed by atoms with van der Waals surface area (Å²) in [7, 11) is 0. The van der Waals surface area contributed by atoms with Gasteiger partial charge < -0.3 is 14.8 Å². The van der Waals surface area contributed by atoms with Crippen LogP contribution in [0.25, 0.3) is 0 Å². The Morgan fingerprint density at radius 3 is 2.48 bits per heavy atom. The molecule has 0 aliphatic rings. The third-order valence-electron chi connectivity index (χ3n) is 4.52. The number of hydrazone groups is 1. The average Bonchev–Trinajstić information content (AvgIpc) is 2.81. The van der Waals surface area contributed by atoms with Gasteiger partial charge in [-0.1, -0.05) is 48.0 Å². The second-order valence-electron chi connectivity index (χ2n) is 7.03. The number of hydrogen-bond acceptors (Lipinski definition) is 5. The first-order valence-electron chi connectivity index (χ1n) is 10.3. The van der Waals surface area contributed by atoms with E-state index in [4.69, 9.17) is 21.1 Å². The zero-order chi connectivity index (χ0) is 23.6. The SMILES string of the molecule is CCOc1cc(/C=N\NC(=O)C(=O)Nc2ccc(C)c(Cl)c2)ccc1OCc1ccccc1. The van der Waals surface area contributed by atoms with E-state index in [9.17, 15) is 9.59 Å². The Balaban J connectivity index is 1.58. The van der Waals surface area contributed by atoms with Crippen LogP contribution in [0, 0.1) is 6.92 Å². The normalized spacial score (nSPS) is 10.6. The third kappa shape index (κ3) is 7.08. The minimum Gasteiger partial charge on any atom is -0.490 e. The maximum Gasteiger partial charge on any atom is 0.329 e. The average molecular weight is 466 g/mol. The smallest absolute Gasteiger partial charge is 0.329 e. The molecule has 33 heavy (non-hydrogen) atoms. The van der Waals surface area contributed by atoms with Crippen molar-refractivity contribution in [3.05, 3.63) is 88.4 Å². The van der Waals surface area contributed by atoms with Crippen LogP contribution in [-0.2, 0) is 16.2 Å². The highest BCUT2D eigenvalue weighted by atomic mass is 35.5. The summed E-state index contributed by atoms with van der Waals surface area (Å²) in [4.78, 5) is 24.1. The Bertz CT molecular complexity index is 1150. The first-order valence-corrected chi connectivity index (χ1v) is 10.7. The molecule has 0 atom stereocenters. The third-order valence-corrected chi connectivity index (χ3v) is 4.93. The highest BCUT2D eigenvalue weighted by molar-refractivity contribution is 6.39. The van der Waals surface area contributed by atoms with Crippen LogP contribution >= 0.6 is 11.6 Å². The van der Waals surface area contributed by atoms with Crippen molar-refractivity contribution in [2.24, 2.45) is 5.10 Å². The number of aryl methyl sites for hydroxylation is 1. The molecule has 0 unspecified atom stereocenters. The molecule has 0 radical (unpaired) electrons. The minimum atomic E-state index is -0.907. The number of rotatable bonds is 8. The molecular weight excluding hydrogens is 442 g/mol. The Morgan fingerprint density at radius 1 is 0.970 bits per heavy atom. The summed E-state index contributed by atoms with van der Waals surface area (Å²) in [5.41, 5.74) is 5.19. The van der Waals surface area contributed by atoms with Gasteiger partial charge in [0, 0.05) is 10.7 Å². The number of nitrogens with one attached hydrogen (secondary N) is 2. The van der Waals surface area contributed by atoms with Crippen molar-refractivity contribution in [2.75, 3.05) is 11.9 Å². The largest absolute Gasteiger partial charge is 0.490 e. The lowest BCUT2D eigenvalue weighted by atomic mass is 10.2. The molecule has 0 saturated heterocycles. The lowest BCUT2D eigenvalue weighted by Crippen LogP contribution is -2.32. The fourth-order valence-corrected chi connectivity index (χ4v) is 2.98. The van der Waals surface area contributed by atoms with Crippen molar-refractivity contribution in [1.29, 1.82) is 0 Å². The van der Waals surface area contributed by atoms with Crippen molar-refractivity contribution in [1.82, 2.24) is 5.43 Å². The molecule has 170 valence electrons. The van der Waals surface area contributed by atoms with E-state index in [0.717, 1.165) is 11.1 Å². The summed E-state index contributed by atoms with van der Waals surface area (Å²) < 4.78 is 11.5. The standard InChI is InChI=1S/C25H24ClN3O4/c1-3-32-23-13-19(10-12-22(23)33-16-18-7-5-4-6-8-18)15-27-29-25(31)24(30)28-20-11-9-17(2)21(26)14-20/h4-15H,3,16H2,1-2H3,(H,28,30)(H,29,31)/b27-15-. The first kappa shape index (κ1) is 23.8. The molecular formula is C25H24ClN3O4. The topological polar surface area (TPSA) is 89.0 Å². The van der Waals surface area contributed by atoms with Gasteiger partial charge >= 0.3 is 11.8 Å². The Labute approximate surface area is 197 Å². The fourth-order valence-electron chi connectivity index (χ4n) is 2.80. The van der Waals surface area contributed by atoms with E-state index in [1.54, 1.807) is 36.4 Å². The molecule has 2 amide bonds. The number of anilines is 1. The minimum absolute atomic E-state index is 0.408. The number of carbonyl (C=O) groups excluding carboxylic acids is 2. The number of hydrogen-bond donors (Lipinski definition) is 2. The van der Waals surface area contributed by atoms with Crippen LogP contribution < -0.4 is 20.2 Å². The first-order chi connectivity index (χ1) is 16.0. The molecule has 3 rings (SSSR count). The molecule has 0 aliphatic carbocycles. The monoisotopic (exact) mass is 465 g/mol. The van der Waals surface area contributed by atoms with Gasteiger partial charge in [0.2, 0.25) is 0 Å². The van der Waals surface area contributed by atoms with Gasteiger partial charge in [-0.05, 0) is 60.9 Å². The van der Waals surface area contributed by atoms with Gasteiger partial charge in [-0.2, -0.15) is 5.10 Å². The van der Waals surface area contributed by atoms with Crippen LogP contribution in [0.15, 0.2) is 71.8 Å². The van der Waals surface area contributed by atoms with Crippen LogP contribution in [0.5, 0.6) is 11.5 Å². The van der Waals surface area contributed by atoms with Gasteiger partial charge in [-0.3, -0.25) is 9.59 Å². The van der Waals surface area contributed by atoms with Gasteiger partial charge in [0.25, 0.3) is 0 Å². The molecule has 3 aromatic carbocycles. The summed E-state index contributed by atoms with van der Waals surface area (Å²) in [6.45, 7) is 4.59. The molecule has 2 N–H and O–H groups in total. The van der Waals surface area contributed by atoms with E-state index in [0.29, 0.717) is 41.0 Å². The Morgan fingerprint density at radius 2 is 1.76 bits per heavy atom. The number of halogens is 1. The zero-order valence-corrected chi connectivity index (χ0v) is 19.1. The second-order valence-corrected chi connectivity index (χ2v) is 7.44. The predicted molar refractivity (Wildman–Crippen MR) is 129 cm³/mol. The van der Waals surface area contributed by atoms with Crippen LogP contribution in [0.3, 0.4) is 0 Å². The van der Waals surface area contributed by atoms with E-state index < -0.39 is 11.8 Å². The number of benzene rings is 3. The maximum atomic E-state index is 12.0. The van der Waals surface area contributed by atoms with Crippen molar-refractivity contribution in [3.63, 3.8) is 0 Å². The molecule has 0 aliphatic heterocycles. The van der Waals surface area contributed by atoms with Gasteiger partial charge in [-0.15, -0.1) is 0 Å². The van der Waals surface area contributed by atoms with Crippen molar-refractivity contribution >= 4 is 35.3 Å². The molecule has 0 saturated carbocycles. The van der Waals surface area contributed by atoms with E-state index in [-0.39, 0.29) is 0 Å². The zero-order valence-electron chi connectivity index (χ0n) is 18.3. The molecule has 7 nitrogen and oxygen atoms in total. The van der Waals surface area contributed by atoms with E-state index in [2.05, 4.69) is 15.8 Å². The van der Waals surface area contributed by atoms with Crippen molar-refractivity contribution < 1.29 is 19.1 Å². The molecule has 0 aromatic heterocycles. The molecule has 3 aromatic rings. The highest BCUT2D eigenvalue weighted by Crippen LogP contribution is 2.29. The van der Waals surface area contributed by atoms with E-state index in [1.807, 2.05) is 44.2 Å². The summed E-state index contributed by atoms with van der Waals surface area (Å²) in [6, 6.07) is 20.1. The molecule has 0 spiro atoms. The van der Waals surface area contributed by atoms with Gasteiger partial charge in [0.15, 0.2) is 11.5 Å². The van der Waals surface area contributed by atoms with Crippen LogP contribution in [0.2, 0.25) is 5.02 Å². The van der Waals surface area contributed by atoms with Gasteiger partial charge in [0.1, 0.15) is 6.61 Å². The molecule has 0 fully saturated rings. The highest BCUT2D eigenvalue weighted by Gasteiger charge is 2.13. The molecule has 8 heteroatoms. The Hall–Kier alpha value is -3.84. The number of nitrogens with zero attached hydrogens (tertiary/aromatic N) is 1. The fraction of sp³-hybridized carbons (Fsp3) is 0.160. The van der Waals surface area contributed by atoms with E-state index >= 15 is 0 Å². The van der Waals surface area contributed by atoms with E-state index in [1.165, 1.54) is 6.21 Å². The second kappa shape index (κ2) is 11.7. The summed E-state index contributed by atoms with van der Waals surface area (Å²) >= 11 is 6.03.